The fraction of sp³-hybridized carbons (Fsp3) is 0.846. The van der Waals surface area contributed by atoms with E-state index in [1.807, 2.05) is 11.0 Å². The smallest absolute Gasteiger partial charge is 0.311 e. The van der Waals surface area contributed by atoms with Gasteiger partial charge in [-0.3, -0.25) is 9.79 Å². The summed E-state index contributed by atoms with van der Waals surface area (Å²) in [6.07, 6.45) is 12.6. The van der Waals surface area contributed by atoms with Crippen molar-refractivity contribution in [1.82, 2.24) is 15.5 Å². The molecule has 2 aliphatic heterocycles. The lowest BCUT2D eigenvalue weighted by molar-refractivity contribution is -0.151. The molecule has 0 saturated carbocycles. The van der Waals surface area contributed by atoms with E-state index in [0.717, 1.165) is 25.5 Å². The average Bonchev–Trinajstić information content (AvgIpc) is 3.25. The molecular weight excluding hydrogens is 502 g/mol. The minimum absolute atomic E-state index is 0.0758. The minimum Gasteiger partial charge on any atom is -0.481 e. The average molecular weight is 549 g/mol. The van der Waals surface area contributed by atoms with Crippen LogP contribution in [-0.2, 0) is 14.3 Å². The van der Waals surface area contributed by atoms with Crippen LogP contribution in [0.25, 0.3) is 0 Å². The van der Waals surface area contributed by atoms with Gasteiger partial charge in [0, 0.05) is 38.4 Å². The van der Waals surface area contributed by atoms with E-state index in [1.165, 1.54) is 0 Å². The highest BCUT2D eigenvalue weighted by molar-refractivity contribution is 8.32. The number of ether oxygens (including phenoxy) is 2. The van der Waals surface area contributed by atoms with Crippen molar-refractivity contribution in [2.75, 3.05) is 64.1 Å². The molecule has 0 aromatic carbocycles. The first-order chi connectivity index (χ1) is 17.2. The molecule has 0 aromatic rings. The van der Waals surface area contributed by atoms with Gasteiger partial charge in [0.1, 0.15) is 18.6 Å². The third-order valence-corrected chi connectivity index (χ3v) is 8.66. The van der Waals surface area contributed by atoms with Crippen LogP contribution in [0.2, 0.25) is 0 Å². The summed E-state index contributed by atoms with van der Waals surface area (Å²) in [6.45, 7) is 6.78. The van der Waals surface area contributed by atoms with Crippen LogP contribution < -0.4 is 10.6 Å². The molecule has 2 heterocycles. The number of aliphatic carboxylic acids is 1. The Balaban J connectivity index is 1.51. The van der Waals surface area contributed by atoms with E-state index in [2.05, 4.69) is 40.5 Å². The number of nitrogens with zero attached hydrogens (tertiary/aromatic N) is 2. The van der Waals surface area contributed by atoms with Gasteiger partial charge in [-0.05, 0) is 51.4 Å². The van der Waals surface area contributed by atoms with E-state index in [1.54, 1.807) is 13.8 Å². The molecule has 3 N–H and O–H groups in total. The lowest BCUT2D eigenvalue weighted by Gasteiger charge is -2.38. The number of halogens is 2. The maximum Gasteiger partial charge on any atom is 0.311 e. The summed E-state index contributed by atoms with van der Waals surface area (Å²) < 4.78 is 40.0. The number of alkyl halides is 2. The second-order valence-corrected chi connectivity index (χ2v) is 16.7. The van der Waals surface area contributed by atoms with Gasteiger partial charge in [0.15, 0.2) is 0 Å². The molecule has 5 unspecified atom stereocenters. The SMILES string of the molecule is CC(C)(COC1C=CC(C2CNC(C3=NC(C(C)(F)F)CN3COCCS(C)(C)C)CN2)CC1)C(=O)O. The van der Waals surface area contributed by atoms with Crippen LogP contribution in [0.3, 0.4) is 0 Å². The van der Waals surface area contributed by atoms with E-state index in [-0.39, 0.29) is 38.1 Å². The normalized spacial score (nSPS) is 29.9. The summed E-state index contributed by atoms with van der Waals surface area (Å²) in [4.78, 5) is 17.6. The number of hydrogen-bond donors (Lipinski definition) is 3. The summed E-state index contributed by atoms with van der Waals surface area (Å²) in [5, 5.41) is 16.4. The number of rotatable bonds is 12. The molecule has 1 aliphatic carbocycles. The predicted molar refractivity (Wildman–Crippen MR) is 146 cm³/mol. The number of amidine groups is 1. The molecule has 5 atom stereocenters. The van der Waals surface area contributed by atoms with Crippen molar-refractivity contribution < 1.29 is 28.2 Å². The summed E-state index contributed by atoms with van der Waals surface area (Å²) in [5.74, 6) is -1.81. The number of hydrogen-bond acceptors (Lipinski definition) is 7. The van der Waals surface area contributed by atoms with Crippen molar-refractivity contribution in [3.05, 3.63) is 12.2 Å². The third-order valence-electron chi connectivity index (χ3n) is 7.27. The molecular formula is C26H46F2N4O4S. The van der Waals surface area contributed by atoms with Gasteiger partial charge >= 0.3 is 5.97 Å². The molecule has 0 bridgehead atoms. The molecule has 8 nitrogen and oxygen atoms in total. The van der Waals surface area contributed by atoms with Gasteiger partial charge in [0.2, 0.25) is 0 Å². The molecule has 3 rings (SSSR count). The first-order valence-corrected chi connectivity index (χ1v) is 16.1. The van der Waals surface area contributed by atoms with Gasteiger partial charge in [-0.1, -0.05) is 12.2 Å². The van der Waals surface area contributed by atoms with Gasteiger partial charge in [0.05, 0.1) is 30.8 Å². The van der Waals surface area contributed by atoms with Crippen LogP contribution in [0.15, 0.2) is 17.1 Å². The van der Waals surface area contributed by atoms with E-state index >= 15 is 0 Å². The number of carbonyl (C=O) groups is 1. The quantitative estimate of drug-likeness (QED) is 0.255. The van der Waals surface area contributed by atoms with E-state index in [4.69, 9.17) is 9.47 Å². The van der Waals surface area contributed by atoms with Crippen molar-refractivity contribution in [1.29, 1.82) is 0 Å². The van der Waals surface area contributed by atoms with Crippen molar-refractivity contribution in [3.63, 3.8) is 0 Å². The third kappa shape index (κ3) is 8.88. The Morgan fingerprint density at radius 2 is 1.92 bits per heavy atom. The van der Waals surface area contributed by atoms with Crippen LogP contribution in [-0.4, -0.2) is 116 Å². The van der Waals surface area contributed by atoms with Gasteiger partial charge < -0.3 is 30.1 Å². The van der Waals surface area contributed by atoms with E-state index < -0.39 is 33.4 Å². The minimum atomic E-state index is -2.88. The molecule has 214 valence electrons. The van der Waals surface area contributed by atoms with Crippen molar-refractivity contribution in [2.24, 2.45) is 16.3 Å². The molecule has 0 radical (unpaired) electrons. The molecule has 0 aromatic heterocycles. The highest BCUT2D eigenvalue weighted by atomic mass is 32.3. The largest absolute Gasteiger partial charge is 0.481 e. The highest BCUT2D eigenvalue weighted by Crippen LogP contribution is 2.34. The van der Waals surface area contributed by atoms with Gasteiger partial charge in [0.25, 0.3) is 5.92 Å². The molecule has 0 spiro atoms. The lowest BCUT2D eigenvalue weighted by Crippen LogP contribution is -2.61. The number of piperazine rings is 1. The summed E-state index contributed by atoms with van der Waals surface area (Å²) in [5.41, 5.74) is -0.912. The zero-order valence-corrected chi connectivity index (χ0v) is 24.0. The second-order valence-electron chi connectivity index (χ2n) is 12.2. The zero-order chi connectivity index (χ0) is 27.4. The van der Waals surface area contributed by atoms with Crippen molar-refractivity contribution >= 4 is 21.8 Å². The Kier molecular flexibility index (Phi) is 10.0. The van der Waals surface area contributed by atoms with Crippen LogP contribution >= 0.6 is 10.0 Å². The van der Waals surface area contributed by atoms with Crippen LogP contribution in [0.5, 0.6) is 0 Å². The number of aliphatic imine (C=N–C) groups is 1. The maximum atomic E-state index is 14.1. The van der Waals surface area contributed by atoms with Crippen LogP contribution in [0, 0.1) is 11.3 Å². The Bertz CT molecular complexity index is 835. The maximum absolute atomic E-state index is 14.1. The van der Waals surface area contributed by atoms with Gasteiger partial charge in [-0.15, -0.1) is 0 Å². The zero-order valence-electron chi connectivity index (χ0n) is 23.1. The first-order valence-electron chi connectivity index (χ1n) is 13.1. The molecule has 1 saturated heterocycles. The topological polar surface area (TPSA) is 95.4 Å². The Labute approximate surface area is 221 Å². The van der Waals surface area contributed by atoms with Gasteiger partial charge in [-0.2, -0.15) is 0 Å². The van der Waals surface area contributed by atoms with Crippen molar-refractivity contribution in [2.45, 2.75) is 63.8 Å². The molecule has 3 aliphatic rings. The monoisotopic (exact) mass is 548 g/mol. The standard InChI is InChI=1S/C26H46F2N4O4S/c1-25(2,24(33)34)16-36-19-9-7-18(8-10-19)20-13-30-21(14-29-20)23-31-22(26(3,27)28)15-32(23)17-35-11-12-37(4,5)6/h7,9,18-22,29-30H,8,10-17H2,1-6H3,(H,33,34). The number of carboxylic acids is 1. The fourth-order valence-electron chi connectivity index (χ4n) is 4.61. The Morgan fingerprint density at radius 3 is 2.46 bits per heavy atom. The van der Waals surface area contributed by atoms with E-state index in [0.29, 0.717) is 31.4 Å². The predicted octanol–water partition coefficient (Wildman–Crippen LogP) is 2.78. The number of nitrogens with one attached hydrogen (secondary N) is 2. The summed E-state index contributed by atoms with van der Waals surface area (Å²) >= 11 is 0. The van der Waals surface area contributed by atoms with E-state index in [9.17, 15) is 18.7 Å². The lowest BCUT2D eigenvalue weighted by atomic mass is 9.86. The Hall–Kier alpha value is -1.27. The van der Waals surface area contributed by atoms with Crippen LogP contribution in [0.1, 0.15) is 33.6 Å². The molecule has 37 heavy (non-hydrogen) atoms. The first kappa shape index (κ1) is 30.3. The molecule has 11 heteroatoms. The number of carboxylic acid groups (broad SMARTS) is 1. The molecule has 1 fully saturated rings. The van der Waals surface area contributed by atoms with Gasteiger partial charge in [-0.25, -0.2) is 18.8 Å². The highest BCUT2D eigenvalue weighted by Gasteiger charge is 2.43. The van der Waals surface area contributed by atoms with Crippen molar-refractivity contribution in [3.8, 4) is 0 Å². The summed E-state index contributed by atoms with van der Waals surface area (Å²) in [6, 6.07) is -1.00. The Morgan fingerprint density at radius 1 is 1.19 bits per heavy atom. The second kappa shape index (κ2) is 12.3. The molecule has 0 amide bonds. The fourth-order valence-corrected chi connectivity index (χ4v) is 5.22. The van der Waals surface area contributed by atoms with Crippen LogP contribution in [0.4, 0.5) is 8.78 Å². The summed E-state index contributed by atoms with van der Waals surface area (Å²) in [7, 11) is -0.675.